The van der Waals surface area contributed by atoms with Gasteiger partial charge in [-0.05, 0) is 54.6 Å². The fraction of sp³-hybridized carbons (Fsp3) is 0.917. The highest BCUT2D eigenvalue weighted by molar-refractivity contribution is 5.78. The predicted octanol–water partition coefficient (Wildman–Crippen LogP) is 3.87. The Bertz CT molecular complexity index is 598. The van der Waals surface area contributed by atoms with Crippen molar-refractivity contribution in [3.63, 3.8) is 0 Å². The van der Waals surface area contributed by atoms with E-state index in [9.17, 15) is 9.59 Å². The molecule has 0 aromatic carbocycles. The number of esters is 2. The van der Waals surface area contributed by atoms with Crippen molar-refractivity contribution in [3.8, 4) is 0 Å². The summed E-state index contributed by atoms with van der Waals surface area (Å²) in [5, 5.41) is 0. The lowest BCUT2D eigenvalue weighted by Crippen LogP contribution is -2.62. The van der Waals surface area contributed by atoms with E-state index in [1.807, 2.05) is 0 Å². The maximum absolute atomic E-state index is 12.5. The summed E-state index contributed by atoms with van der Waals surface area (Å²) in [5.41, 5.74) is -0.525. The summed E-state index contributed by atoms with van der Waals surface area (Å²) < 4.78 is 11.7. The first-order chi connectivity index (χ1) is 13.5. The molecule has 174 valence electrons. The number of carbonyl (C=O) groups is 2. The first-order valence-electron chi connectivity index (χ1n) is 11.4. The number of carbonyl (C=O) groups excluding carboxylic acids is 2. The van der Waals surface area contributed by atoms with Crippen LogP contribution in [0.25, 0.3) is 0 Å². The SMILES string of the molecule is CN1CCC(OC(=O)CCC(=O)OC2CCN(C)C(C)(C)C2(C)C)C(C)(C)C1(C)C. The van der Waals surface area contributed by atoms with Crippen molar-refractivity contribution in [1.29, 1.82) is 0 Å². The van der Waals surface area contributed by atoms with Crippen LogP contribution in [0.5, 0.6) is 0 Å². The van der Waals surface area contributed by atoms with E-state index in [0.717, 1.165) is 25.9 Å². The Kier molecular flexibility index (Phi) is 7.05. The minimum Gasteiger partial charge on any atom is -0.462 e. The monoisotopic (exact) mass is 424 g/mol. The standard InChI is InChI=1S/C24H44N2O4/c1-21(2)17(13-15-25(9)23(21,5)6)29-19(27)11-12-20(28)30-18-14-16-26(10)24(7,8)22(18,3)4/h17-18H,11-16H2,1-10H3. The summed E-state index contributed by atoms with van der Waals surface area (Å²) >= 11 is 0. The van der Waals surface area contributed by atoms with Crippen molar-refractivity contribution in [2.45, 2.75) is 104 Å². The molecule has 0 aromatic heterocycles. The predicted molar refractivity (Wildman–Crippen MR) is 119 cm³/mol. The van der Waals surface area contributed by atoms with Crippen molar-refractivity contribution in [2.24, 2.45) is 10.8 Å². The molecule has 0 radical (unpaired) electrons. The second kappa shape index (κ2) is 8.42. The summed E-state index contributed by atoms with van der Waals surface area (Å²) in [4.78, 5) is 29.7. The topological polar surface area (TPSA) is 59.1 Å². The first-order valence-corrected chi connectivity index (χ1v) is 11.4. The number of likely N-dealkylation sites (tertiary alicyclic amines) is 2. The zero-order valence-electron chi connectivity index (χ0n) is 20.9. The lowest BCUT2D eigenvalue weighted by molar-refractivity contribution is -0.177. The van der Waals surface area contributed by atoms with Gasteiger partial charge in [-0.1, -0.05) is 27.7 Å². The minimum atomic E-state index is -0.312. The molecule has 2 aliphatic rings. The number of piperidine rings is 2. The Morgan fingerprint density at radius 3 is 1.30 bits per heavy atom. The Hall–Kier alpha value is -1.14. The molecule has 2 unspecified atom stereocenters. The van der Waals surface area contributed by atoms with Gasteiger partial charge in [-0.3, -0.25) is 9.59 Å². The van der Waals surface area contributed by atoms with E-state index in [4.69, 9.17) is 9.47 Å². The molecule has 0 amide bonds. The normalized spacial score (nSPS) is 30.5. The van der Waals surface area contributed by atoms with Crippen LogP contribution in [0.4, 0.5) is 0 Å². The summed E-state index contributed by atoms with van der Waals surface area (Å²) in [6.45, 7) is 19.1. The molecule has 2 aliphatic heterocycles. The van der Waals surface area contributed by atoms with E-state index in [2.05, 4.69) is 79.3 Å². The van der Waals surface area contributed by atoms with Crippen molar-refractivity contribution < 1.29 is 19.1 Å². The van der Waals surface area contributed by atoms with Crippen LogP contribution in [0.15, 0.2) is 0 Å². The van der Waals surface area contributed by atoms with Crippen LogP contribution in [0.3, 0.4) is 0 Å². The molecule has 2 fully saturated rings. The third kappa shape index (κ3) is 4.40. The van der Waals surface area contributed by atoms with Crippen LogP contribution >= 0.6 is 0 Å². The molecule has 6 heteroatoms. The summed E-state index contributed by atoms with van der Waals surface area (Å²) in [7, 11) is 4.23. The Morgan fingerprint density at radius 2 is 1.00 bits per heavy atom. The fourth-order valence-electron chi connectivity index (χ4n) is 4.73. The highest BCUT2D eigenvalue weighted by atomic mass is 16.6. The van der Waals surface area contributed by atoms with Gasteiger partial charge in [-0.25, -0.2) is 0 Å². The van der Waals surface area contributed by atoms with Gasteiger partial charge in [0.05, 0.1) is 12.8 Å². The highest BCUT2D eigenvalue weighted by Crippen LogP contribution is 2.45. The quantitative estimate of drug-likeness (QED) is 0.625. The molecule has 0 spiro atoms. The van der Waals surface area contributed by atoms with Gasteiger partial charge in [-0.2, -0.15) is 0 Å². The molecule has 0 saturated carbocycles. The van der Waals surface area contributed by atoms with Gasteiger partial charge in [0.15, 0.2) is 0 Å². The number of hydrogen-bond donors (Lipinski definition) is 0. The smallest absolute Gasteiger partial charge is 0.306 e. The minimum absolute atomic E-state index is 0.0676. The van der Waals surface area contributed by atoms with Gasteiger partial charge >= 0.3 is 11.9 Å². The Balaban J connectivity index is 1.89. The van der Waals surface area contributed by atoms with Crippen molar-refractivity contribution in [3.05, 3.63) is 0 Å². The number of hydrogen-bond acceptors (Lipinski definition) is 6. The second-order valence-electron chi connectivity index (χ2n) is 11.4. The van der Waals surface area contributed by atoms with Gasteiger partial charge in [0.2, 0.25) is 0 Å². The average molecular weight is 425 g/mol. The van der Waals surface area contributed by atoms with Gasteiger partial charge in [0.25, 0.3) is 0 Å². The molecular weight excluding hydrogens is 380 g/mol. The lowest BCUT2D eigenvalue weighted by Gasteiger charge is -2.55. The second-order valence-corrected chi connectivity index (χ2v) is 11.4. The number of nitrogens with zero attached hydrogens (tertiary/aromatic N) is 2. The summed E-state index contributed by atoms with van der Waals surface area (Å²) in [5.74, 6) is -0.623. The van der Waals surface area contributed by atoms with Crippen LogP contribution in [0, 0.1) is 10.8 Å². The van der Waals surface area contributed by atoms with E-state index in [1.54, 1.807) is 0 Å². The zero-order valence-corrected chi connectivity index (χ0v) is 20.9. The molecular formula is C24H44N2O4. The third-order valence-electron chi connectivity index (χ3n) is 9.21. The van der Waals surface area contributed by atoms with E-state index >= 15 is 0 Å². The molecule has 2 heterocycles. The van der Waals surface area contributed by atoms with E-state index in [0.29, 0.717) is 0 Å². The number of ether oxygens (including phenoxy) is 2. The van der Waals surface area contributed by atoms with Gasteiger partial charge in [0, 0.05) is 35.0 Å². The maximum atomic E-state index is 12.5. The van der Waals surface area contributed by atoms with Gasteiger partial charge in [0.1, 0.15) is 12.2 Å². The summed E-state index contributed by atoms with van der Waals surface area (Å²) in [6, 6.07) is 0. The van der Waals surface area contributed by atoms with Gasteiger partial charge < -0.3 is 19.3 Å². The largest absolute Gasteiger partial charge is 0.462 e. The van der Waals surface area contributed by atoms with Crippen LogP contribution in [-0.4, -0.2) is 72.2 Å². The molecule has 6 nitrogen and oxygen atoms in total. The molecule has 2 rings (SSSR count). The van der Waals surface area contributed by atoms with Crippen molar-refractivity contribution in [1.82, 2.24) is 9.80 Å². The third-order valence-corrected chi connectivity index (χ3v) is 9.21. The molecule has 0 aliphatic carbocycles. The molecule has 2 saturated heterocycles. The summed E-state index contributed by atoms with van der Waals surface area (Å²) in [6.07, 6.45) is 1.45. The molecule has 2 atom stereocenters. The zero-order chi connectivity index (χ0) is 23.1. The molecule has 0 bridgehead atoms. The van der Waals surface area contributed by atoms with E-state index in [-0.39, 0.29) is 58.9 Å². The van der Waals surface area contributed by atoms with Crippen LogP contribution < -0.4 is 0 Å². The van der Waals surface area contributed by atoms with Crippen LogP contribution in [0.2, 0.25) is 0 Å². The average Bonchev–Trinajstić information content (AvgIpc) is 2.63. The highest BCUT2D eigenvalue weighted by Gasteiger charge is 2.51. The molecule has 30 heavy (non-hydrogen) atoms. The molecule has 0 aromatic rings. The van der Waals surface area contributed by atoms with E-state index < -0.39 is 0 Å². The Labute approximate surface area is 183 Å². The lowest BCUT2D eigenvalue weighted by atomic mass is 9.66. The number of rotatable bonds is 5. The van der Waals surface area contributed by atoms with Crippen molar-refractivity contribution in [2.75, 3.05) is 27.2 Å². The van der Waals surface area contributed by atoms with Crippen LogP contribution in [0.1, 0.15) is 81.1 Å². The van der Waals surface area contributed by atoms with E-state index in [1.165, 1.54) is 0 Å². The van der Waals surface area contributed by atoms with Crippen molar-refractivity contribution >= 4 is 11.9 Å². The van der Waals surface area contributed by atoms with Crippen LogP contribution in [-0.2, 0) is 19.1 Å². The molecule has 0 N–H and O–H groups in total. The van der Waals surface area contributed by atoms with Gasteiger partial charge in [-0.15, -0.1) is 0 Å². The first kappa shape index (κ1) is 25.1. The fourth-order valence-corrected chi connectivity index (χ4v) is 4.73. The Morgan fingerprint density at radius 1 is 0.700 bits per heavy atom. The maximum Gasteiger partial charge on any atom is 0.306 e.